The molecule has 30 heavy (non-hydrogen) atoms. The maximum atomic E-state index is 12.8. The van der Waals surface area contributed by atoms with Gasteiger partial charge in [-0.05, 0) is 37.2 Å². The molecule has 1 aromatic rings. The highest BCUT2D eigenvalue weighted by molar-refractivity contribution is 5.98. The first-order valence-corrected chi connectivity index (χ1v) is 11.1. The van der Waals surface area contributed by atoms with Gasteiger partial charge in [-0.2, -0.15) is 13.2 Å². The maximum absolute atomic E-state index is 12.8. The lowest BCUT2D eigenvalue weighted by Crippen LogP contribution is -2.57. The van der Waals surface area contributed by atoms with Crippen molar-refractivity contribution in [3.05, 3.63) is 35.4 Å². The van der Waals surface area contributed by atoms with Gasteiger partial charge in [-0.15, -0.1) is 0 Å². The molecule has 164 valence electrons. The summed E-state index contributed by atoms with van der Waals surface area (Å²) in [6.07, 6.45) is 3.05. The van der Waals surface area contributed by atoms with Crippen LogP contribution in [0, 0.1) is 5.92 Å². The van der Waals surface area contributed by atoms with Crippen molar-refractivity contribution in [2.45, 2.75) is 63.1 Å². The summed E-state index contributed by atoms with van der Waals surface area (Å²) in [7, 11) is 0. The first-order chi connectivity index (χ1) is 14.3. The molecule has 0 atom stereocenters. The molecular formula is C23H29F3N2O2. The summed E-state index contributed by atoms with van der Waals surface area (Å²) in [5.41, 5.74) is 2.10. The van der Waals surface area contributed by atoms with Gasteiger partial charge >= 0.3 is 12.1 Å². The van der Waals surface area contributed by atoms with Gasteiger partial charge in [0.2, 0.25) is 0 Å². The smallest absolute Gasteiger partial charge is 0.332 e. The number of piperazine rings is 1. The molecule has 0 aromatic heterocycles. The molecule has 0 N–H and O–H groups in total. The summed E-state index contributed by atoms with van der Waals surface area (Å²) in [4.78, 5) is 27.1. The van der Waals surface area contributed by atoms with Crippen LogP contribution in [0.5, 0.6) is 0 Å². The van der Waals surface area contributed by atoms with Crippen LogP contribution in [-0.2, 0) is 4.79 Å². The minimum Gasteiger partial charge on any atom is -0.332 e. The van der Waals surface area contributed by atoms with E-state index < -0.39 is 12.1 Å². The molecule has 1 aromatic carbocycles. The third-order valence-electron chi connectivity index (χ3n) is 7.12. The monoisotopic (exact) mass is 422 g/mol. The maximum Gasteiger partial charge on any atom is 0.471 e. The predicted octanol–water partition coefficient (Wildman–Crippen LogP) is 4.40. The molecule has 2 saturated carbocycles. The number of benzene rings is 1. The molecule has 1 heterocycles. The highest BCUT2D eigenvalue weighted by Gasteiger charge is 2.45. The number of carbonyl (C=O) groups excluding carboxylic acids is 2. The fraction of sp³-hybridized carbons (Fsp3) is 0.652. The van der Waals surface area contributed by atoms with Crippen molar-refractivity contribution in [3.8, 4) is 0 Å². The van der Waals surface area contributed by atoms with Crippen molar-refractivity contribution in [1.82, 2.24) is 9.80 Å². The summed E-state index contributed by atoms with van der Waals surface area (Å²) in [5.74, 6) is -0.961. The molecule has 0 unspecified atom stereocenters. The third kappa shape index (κ3) is 4.56. The van der Waals surface area contributed by atoms with E-state index in [9.17, 15) is 22.8 Å². The van der Waals surface area contributed by atoms with E-state index in [1.54, 1.807) is 0 Å². The molecule has 4 rings (SSSR count). The number of Topliss-reactive ketones (excluding diaryl/α,β-unsaturated/α-hetero) is 1. The quantitative estimate of drug-likeness (QED) is 0.676. The molecule has 1 amide bonds. The van der Waals surface area contributed by atoms with E-state index in [0.29, 0.717) is 19.0 Å². The van der Waals surface area contributed by atoms with Gasteiger partial charge in [-0.1, -0.05) is 43.5 Å². The topological polar surface area (TPSA) is 40.6 Å². The Balaban J connectivity index is 1.24. The number of alkyl halides is 3. The van der Waals surface area contributed by atoms with Crippen LogP contribution in [0.15, 0.2) is 24.3 Å². The number of ketones is 1. The summed E-state index contributed by atoms with van der Waals surface area (Å²) in [6, 6.07) is 8.36. The van der Waals surface area contributed by atoms with Gasteiger partial charge in [0, 0.05) is 43.7 Å². The van der Waals surface area contributed by atoms with Crippen LogP contribution < -0.4 is 0 Å². The minimum absolute atomic E-state index is 0.00892. The highest BCUT2D eigenvalue weighted by atomic mass is 19.4. The number of rotatable bonds is 4. The van der Waals surface area contributed by atoms with E-state index >= 15 is 0 Å². The number of nitrogens with zero attached hydrogens (tertiary/aromatic N) is 2. The number of hydrogen-bond acceptors (Lipinski definition) is 3. The average molecular weight is 422 g/mol. The molecule has 3 fully saturated rings. The van der Waals surface area contributed by atoms with Gasteiger partial charge in [0.15, 0.2) is 5.78 Å². The Hall–Kier alpha value is -1.89. The summed E-state index contributed by atoms with van der Waals surface area (Å²) in [5, 5.41) is 0. The van der Waals surface area contributed by atoms with E-state index in [-0.39, 0.29) is 30.8 Å². The van der Waals surface area contributed by atoms with Gasteiger partial charge in [-0.3, -0.25) is 14.5 Å². The molecule has 2 aliphatic carbocycles. The Kier molecular flexibility index (Phi) is 6.19. The van der Waals surface area contributed by atoms with Crippen LogP contribution in [0.4, 0.5) is 13.2 Å². The molecule has 4 nitrogen and oxygen atoms in total. The predicted molar refractivity (Wildman–Crippen MR) is 107 cm³/mol. The third-order valence-corrected chi connectivity index (χ3v) is 7.12. The van der Waals surface area contributed by atoms with E-state index in [1.807, 2.05) is 12.1 Å². The zero-order valence-electron chi connectivity index (χ0n) is 17.2. The number of hydrogen-bond donors (Lipinski definition) is 0. The number of halogens is 3. The largest absolute Gasteiger partial charge is 0.471 e. The summed E-state index contributed by atoms with van der Waals surface area (Å²) < 4.78 is 37.7. The van der Waals surface area contributed by atoms with E-state index in [2.05, 4.69) is 17.0 Å². The van der Waals surface area contributed by atoms with E-state index in [1.165, 1.54) is 37.7 Å². The molecule has 1 saturated heterocycles. The van der Waals surface area contributed by atoms with E-state index in [0.717, 1.165) is 23.3 Å². The van der Waals surface area contributed by atoms with Crippen LogP contribution in [0.25, 0.3) is 0 Å². The zero-order valence-corrected chi connectivity index (χ0v) is 17.2. The fourth-order valence-corrected chi connectivity index (χ4v) is 5.16. The minimum atomic E-state index is -4.80. The molecule has 1 aliphatic heterocycles. The first-order valence-electron chi connectivity index (χ1n) is 11.1. The lowest BCUT2D eigenvalue weighted by Gasteiger charge is -2.46. The van der Waals surface area contributed by atoms with Crippen LogP contribution in [0.2, 0.25) is 0 Å². The lowest BCUT2D eigenvalue weighted by molar-refractivity contribution is -0.187. The van der Waals surface area contributed by atoms with Crippen LogP contribution in [0.1, 0.15) is 66.8 Å². The van der Waals surface area contributed by atoms with Crippen molar-refractivity contribution in [1.29, 1.82) is 0 Å². The van der Waals surface area contributed by atoms with Gasteiger partial charge in [0.05, 0.1) is 0 Å². The molecule has 0 spiro atoms. The molecule has 0 bridgehead atoms. The fourth-order valence-electron chi connectivity index (χ4n) is 5.16. The molecule has 3 aliphatic rings. The zero-order chi connectivity index (χ0) is 21.3. The summed E-state index contributed by atoms with van der Waals surface area (Å²) in [6.45, 7) is 1.05. The van der Waals surface area contributed by atoms with Gasteiger partial charge < -0.3 is 4.90 Å². The van der Waals surface area contributed by atoms with Crippen molar-refractivity contribution in [2.75, 3.05) is 26.2 Å². The first kappa shape index (κ1) is 21.3. The Bertz CT molecular complexity index is 758. The Morgan fingerprint density at radius 1 is 0.867 bits per heavy atom. The number of amides is 1. The Labute approximate surface area is 175 Å². The molecular weight excluding hydrogens is 393 g/mol. The van der Waals surface area contributed by atoms with Gasteiger partial charge in [0.25, 0.3) is 0 Å². The number of carbonyl (C=O) groups is 2. The highest BCUT2D eigenvalue weighted by Crippen LogP contribution is 2.36. The SMILES string of the molecule is O=C(c1ccc(C2CCCCC2)cc1)C1CC(N2CCN(C(=O)C(F)(F)F)CC2)C1. The van der Waals surface area contributed by atoms with Crippen LogP contribution in [0.3, 0.4) is 0 Å². The van der Waals surface area contributed by atoms with Gasteiger partial charge in [-0.25, -0.2) is 0 Å². The van der Waals surface area contributed by atoms with Crippen molar-refractivity contribution in [3.63, 3.8) is 0 Å². The van der Waals surface area contributed by atoms with Crippen molar-refractivity contribution >= 4 is 11.7 Å². The van der Waals surface area contributed by atoms with Crippen molar-refractivity contribution in [2.24, 2.45) is 5.92 Å². The Morgan fingerprint density at radius 3 is 2.03 bits per heavy atom. The van der Waals surface area contributed by atoms with Crippen molar-refractivity contribution < 1.29 is 22.8 Å². The second kappa shape index (κ2) is 8.69. The van der Waals surface area contributed by atoms with E-state index in [4.69, 9.17) is 0 Å². The molecule has 0 radical (unpaired) electrons. The van der Waals surface area contributed by atoms with Crippen LogP contribution in [-0.4, -0.2) is 59.9 Å². The standard InChI is InChI=1S/C23H29F3N2O2/c24-23(25,26)22(30)28-12-10-27(11-13-28)20-14-19(15-20)21(29)18-8-6-17(7-9-18)16-4-2-1-3-5-16/h6-9,16,19-20H,1-5,10-15H2. The lowest BCUT2D eigenvalue weighted by atomic mass is 9.74. The Morgan fingerprint density at radius 2 is 1.47 bits per heavy atom. The van der Waals surface area contributed by atoms with Gasteiger partial charge in [0.1, 0.15) is 0 Å². The average Bonchev–Trinajstić information content (AvgIpc) is 2.73. The summed E-state index contributed by atoms with van der Waals surface area (Å²) >= 11 is 0. The second-order valence-corrected chi connectivity index (χ2v) is 8.97. The second-order valence-electron chi connectivity index (χ2n) is 8.97. The van der Waals surface area contributed by atoms with Crippen LogP contribution >= 0.6 is 0 Å². The molecule has 7 heteroatoms. The normalized spacial score (nSPS) is 26.3.